The van der Waals surface area contributed by atoms with Gasteiger partial charge in [0, 0.05) is 17.7 Å². The Morgan fingerprint density at radius 3 is 2.88 bits per heavy atom. The van der Waals surface area contributed by atoms with Crippen molar-refractivity contribution in [3.05, 3.63) is 33.9 Å². The molecule has 0 aliphatic heterocycles. The van der Waals surface area contributed by atoms with E-state index in [1.165, 1.54) is 6.07 Å². The molecule has 1 aromatic rings. The Balaban J connectivity index is 2.85. The molecule has 0 N–H and O–H groups in total. The minimum absolute atomic E-state index is 0.0285. The maximum absolute atomic E-state index is 10.8. The third kappa shape index (κ3) is 3.57. The average molecular weight is 262 g/mol. The summed E-state index contributed by atoms with van der Waals surface area (Å²) in [6, 6.07) is 4.77. The van der Waals surface area contributed by atoms with Gasteiger partial charge >= 0.3 is 5.69 Å². The fourth-order valence-corrected chi connectivity index (χ4v) is 1.56. The summed E-state index contributed by atoms with van der Waals surface area (Å²) in [5, 5.41) is 10.8. The summed E-state index contributed by atoms with van der Waals surface area (Å²) in [6.45, 7) is 0.461. The number of halogens is 1. The van der Waals surface area contributed by atoms with Crippen LogP contribution >= 0.6 is 23.4 Å². The monoisotopic (exact) mass is 261 g/mol. The van der Waals surface area contributed by atoms with Crippen molar-refractivity contribution in [2.75, 3.05) is 18.6 Å². The van der Waals surface area contributed by atoms with Crippen molar-refractivity contribution in [1.29, 1.82) is 0 Å². The second-order valence-electron chi connectivity index (χ2n) is 3.03. The first-order valence-corrected chi connectivity index (χ1v) is 6.57. The third-order valence-corrected chi connectivity index (χ3v) is 2.80. The first-order valence-electron chi connectivity index (χ1n) is 4.64. The standard InChI is InChI=1S/C10H12ClNO3S/c1-16-5-4-15-10-3-2-8(7-11)6-9(10)12(13)14/h2-3,6H,4-5,7H2,1H3. The van der Waals surface area contributed by atoms with Crippen LogP contribution in [0.4, 0.5) is 5.69 Å². The molecule has 0 heterocycles. The molecule has 88 valence electrons. The van der Waals surface area contributed by atoms with Crippen molar-refractivity contribution < 1.29 is 9.66 Å². The molecule has 0 aliphatic carbocycles. The van der Waals surface area contributed by atoms with Crippen LogP contribution in [0.25, 0.3) is 0 Å². The van der Waals surface area contributed by atoms with Gasteiger partial charge in [0.05, 0.1) is 11.5 Å². The predicted molar refractivity (Wildman–Crippen MR) is 66.5 cm³/mol. The fraction of sp³-hybridized carbons (Fsp3) is 0.400. The van der Waals surface area contributed by atoms with E-state index in [1.54, 1.807) is 23.9 Å². The molecule has 0 radical (unpaired) electrons. The minimum atomic E-state index is -0.454. The van der Waals surface area contributed by atoms with Crippen LogP contribution in [0, 0.1) is 10.1 Å². The highest BCUT2D eigenvalue weighted by atomic mass is 35.5. The molecule has 6 heteroatoms. The summed E-state index contributed by atoms with van der Waals surface area (Å²) >= 11 is 7.24. The van der Waals surface area contributed by atoms with Gasteiger partial charge in [0.1, 0.15) is 0 Å². The van der Waals surface area contributed by atoms with E-state index in [-0.39, 0.29) is 11.6 Å². The van der Waals surface area contributed by atoms with Gasteiger partial charge in [0.2, 0.25) is 0 Å². The van der Waals surface area contributed by atoms with Crippen molar-refractivity contribution in [3.63, 3.8) is 0 Å². The van der Waals surface area contributed by atoms with Crippen LogP contribution in [-0.2, 0) is 5.88 Å². The summed E-state index contributed by atoms with van der Waals surface area (Å²) < 4.78 is 5.33. The van der Waals surface area contributed by atoms with Crippen molar-refractivity contribution in [3.8, 4) is 5.75 Å². The molecule has 0 saturated carbocycles. The lowest BCUT2D eigenvalue weighted by atomic mass is 10.2. The molecule has 1 aromatic carbocycles. The van der Waals surface area contributed by atoms with Gasteiger partial charge in [-0.2, -0.15) is 11.8 Å². The van der Waals surface area contributed by atoms with E-state index >= 15 is 0 Å². The Morgan fingerprint density at radius 1 is 1.56 bits per heavy atom. The summed E-state index contributed by atoms with van der Waals surface area (Å²) in [5.74, 6) is 1.35. The van der Waals surface area contributed by atoms with Crippen molar-refractivity contribution in [2.24, 2.45) is 0 Å². The number of hydrogen-bond acceptors (Lipinski definition) is 4. The molecule has 0 amide bonds. The van der Waals surface area contributed by atoms with E-state index in [2.05, 4.69) is 0 Å². The van der Waals surface area contributed by atoms with Gasteiger partial charge in [-0.25, -0.2) is 0 Å². The molecule has 16 heavy (non-hydrogen) atoms. The molecule has 0 saturated heterocycles. The van der Waals surface area contributed by atoms with Gasteiger partial charge in [-0.15, -0.1) is 11.6 Å². The number of alkyl halides is 1. The van der Waals surface area contributed by atoms with Crippen LogP contribution in [0.3, 0.4) is 0 Å². The van der Waals surface area contributed by atoms with Crippen molar-refractivity contribution in [1.82, 2.24) is 0 Å². The van der Waals surface area contributed by atoms with Gasteiger partial charge < -0.3 is 4.74 Å². The molecular formula is C10H12ClNO3S. The second kappa shape index (κ2) is 6.60. The molecule has 0 bridgehead atoms. The van der Waals surface area contributed by atoms with Crippen molar-refractivity contribution >= 4 is 29.1 Å². The zero-order chi connectivity index (χ0) is 12.0. The lowest BCUT2D eigenvalue weighted by Crippen LogP contribution is -2.02. The van der Waals surface area contributed by atoms with Crippen LogP contribution in [0.2, 0.25) is 0 Å². The molecule has 0 aliphatic rings. The Hall–Kier alpha value is -0.940. The first-order chi connectivity index (χ1) is 7.69. The smallest absolute Gasteiger partial charge is 0.311 e. The largest absolute Gasteiger partial charge is 0.486 e. The molecular weight excluding hydrogens is 250 g/mol. The Labute approximate surface area is 103 Å². The van der Waals surface area contributed by atoms with E-state index in [9.17, 15) is 10.1 Å². The quantitative estimate of drug-likeness (QED) is 0.342. The number of nitro benzene ring substituents is 1. The minimum Gasteiger partial charge on any atom is -0.486 e. The van der Waals surface area contributed by atoms with E-state index in [0.29, 0.717) is 17.9 Å². The lowest BCUT2D eigenvalue weighted by molar-refractivity contribution is -0.385. The Morgan fingerprint density at radius 2 is 2.31 bits per heavy atom. The molecule has 0 aromatic heterocycles. The normalized spacial score (nSPS) is 10.1. The maximum atomic E-state index is 10.8. The SMILES string of the molecule is CSCCOc1ccc(CCl)cc1[N+](=O)[O-]. The van der Waals surface area contributed by atoms with E-state index in [1.807, 2.05) is 6.26 Å². The van der Waals surface area contributed by atoms with E-state index < -0.39 is 4.92 Å². The van der Waals surface area contributed by atoms with Gasteiger partial charge in [0.25, 0.3) is 0 Å². The number of nitro groups is 1. The second-order valence-corrected chi connectivity index (χ2v) is 4.29. The summed E-state index contributed by atoms with van der Waals surface area (Å²) in [6.07, 6.45) is 1.95. The molecule has 4 nitrogen and oxygen atoms in total. The van der Waals surface area contributed by atoms with Crippen LogP contribution in [0.5, 0.6) is 5.75 Å². The van der Waals surface area contributed by atoms with Gasteiger partial charge in [0.15, 0.2) is 5.75 Å². The number of thioether (sulfide) groups is 1. The molecule has 0 unspecified atom stereocenters. The highest BCUT2D eigenvalue weighted by Crippen LogP contribution is 2.28. The van der Waals surface area contributed by atoms with Gasteiger partial charge in [-0.1, -0.05) is 6.07 Å². The van der Waals surface area contributed by atoms with E-state index in [4.69, 9.17) is 16.3 Å². The number of ether oxygens (including phenoxy) is 1. The summed E-state index contributed by atoms with van der Waals surface area (Å²) in [4.78, 5) is 10.3. The van der Waals surface area contributed by atoms with Gasteiger partial charge in [-0.05, 0) is 17.9 Å². The van der Waals surface area contributed by atoms with E-state index in [0.717, 1.165) is 5.75 Å². The lowest BCUT2D eigenvalue weighted by Gasteiger charge is -2.06. The number of nitrogens with zero attached hydrogens (tertiary/aromatic N) is 1. The molecule has 0 fully saturated rings. The zero-order valence-corrected chi connectivity index (χ0v) is 10.4. The van der Waals surface area contributed by atoms with Crippen LogP contribution in [-0.4, -0.2) is 23.5 Å². The number of hydrogen-bond donors (Lipinski definition) is 0. The van der Waals surface area contributed by atoms with Crippen LogP contribution in [0.1, 0.15) is 5.56 Å². The zero-order valence-electron chi connectivity index (χ0n) is 8.81. The number of rotatable bonds is 6. The topological polar surface area (TPSA) is 52.4 Å². The summed E-state index contributed by atoms with van der Waals surface area (Å²) in [5.41, 5.74) is 0.685. The Bertz CT molecular complexity index is 373. The van der Waals surface area contributed by atoms with Gasteiger partial charge in [-0.3, -0.25) is 10.1 Å². The summed E-state index contributed by atoms with van der Waals surface area (Å²) in [7, 11) is 0. The van der Waals surface area contributed by atoms with Crippen molar-refractivity contribution in [2.45, 2.75) is 5.88 Å². The Kier molecular flexibility index (Phi) is 5.42. The third-order valence-electron chi connectivity index (χ3n) is 1.92. The first kappa shape index (κ1) is 13.1. The number of benzene rings is 1. The molecule has 0 spiro atoms. The predicted octanol–water partition coefficient (Wildman–Crippen LogP) is 3.08. The maximum Gasteiger partial charge on any atom is 0.311 e. The van der Waals surface area contributed by atoms with Crippen LogP contribution in [0.15, 0.2) is 18.2 Å². The highest BCUT2D eigenvalue weighted by Gasteiger charge is 2.15. The average Bonchev–Trinajstić information content (AvgIpc) is 2.29. The highest BCUT2D eigenvalue weighted by molar-refractivity contribution is 7.98. The molecule has 1 rings (SSSR count). The molecule has 0 atom stereocenters. The van der Waals surface area contributed by atoms with Crippen LogP contribution < -0.4 is 4.74 Å². The fourth-order valence-electron chi connectivity index (χ4n) is 1.15.